The van der Waals surface area contributed by atoms with Gasteiger partial charge in [0.2, 0.25) is 5.91 Å². The Morgan fingerprint density at radius 2 is 1.87 bits per heavy atom. The van der Waals surface area contributed by atoms with Crippen LogP contribution in [0, 0.1) is 34.3 Å². The lowest BCUT2D eigenvalue weighted by atomic mass is 9.62. The first-order chi connectivity index (χ1) is 21.8. The maximum Gasteiger partial charge on any atom is 0.354 e. The van der Waals surface area contributed by atoms with Crippen LogP contribution in [0.3, 0.4) is 0 Å². The van der Waals surface area contributed by atoms with Crippen LogP contribution in [-0.2, 0) is 14.9 Å². The summed E-state index contributed by atoms with van der Waals surface area (Å²) >= 11 is 12.4. The van der Waals surface area contributed by atoms with Gasteiger partial charge in [0.15, 0.2) is 0 Å². The zero-order valence-electron chi connectivity index (χ0n) is 25.6. The number of carbonyl (C=O) groups is 2. The first-order valence-electron chi connectivity index (χ1n) is 15.0. The number of nitrogens with zero attached hydrogens (tertiary/aromatic N) is 1. The number of amides is 1. The zero-order chi connectivity index (χ0) is 33.2. The molecule has 1 aliphatic heterocycles. The maximum atomic E-state index is 16.0. The van der Waals surface area contributed by atoms with Crippen molar-refractivity contribution in [2.45, 2.75) is 57.0 Å². The van der Waals surface area contributed by atoms with Crippen molar-refractivity contribution in [3.05, 3.63) is 99.2 Å². The summed E-state index contributed by atoms with van der Waals surface area (Å²) in [5, 5.41) is 18.2. The molecule has 2 aliphatic rings. The number of hydrogen-bond donors (Lipinski definition) is 3. The topological polar surface area (TPSA) is 107 Å². The third-order valence-corrected chi connectivity index (χ3v) is 9.96. The Morgan fingerprint density at radius 3 is 2.52 bits per heavy atom. The normalized spacial score (nSPS) is 25.4. The van der Waals surface area contributed by atoms with Crippen molar-refractivity contribution < 1.29 is 23.1 Å². The summed E-state index contributed by atoms with van der Waals surface area (Å²) < 4.78 is 37.1. The van der Waals surface area contributed by atoms with Crippen molar-refractivity contribution in [2.24, 2.45) is 11.3 Å². The predicted octanol–water partition coefficient (Wildman–Crippen LogP) is 7.89. The molecule has 1 saturated heterocycles. The molecular formula is C35H32Cl2F2N4O3. The number of nitrogens with one attached hydrogen (secondary N) is 3. The van der Waals surface area contributed by atoms with Crippen molar-refractivity contribution in [3.8, 4) is 6.07 Å². The van der Waals surface area contributed by atoms with Crippen LogP contribution in [0.5, 0.6) is 0 Å². The highest BCUT2D eigenvalue weighted by Gasteiger charge is 2.79. The Balaban J connectivity index is 1.49. The molecular weight excluding hydrogens is 633 g/mol. The molecule has 2 fully saturated rings. The summed E-state index contributed by atoms with van der Waals surface area (Å²) in [7, 11) is 0. The average molecular weight is 666 g/mol. The summed E-state index contributed by atoms with van der Waals surface area (Å²) in [6, 6.07) is 16.4. The van der Waals surface area contributed by atoms with Crippen molar-refractivity contribution in [2.75, 3.05) is 11.9 Å². The molecule has 2 heterocycles. The second kappa shape index (κ2) is 11.4. The third kappa shape index (κ3) is 4.95. The van der Waals surface area contributed by atoms with Crippen molar-refractivity contribution in [1.29, 1.82) is 5.26 Å². The zero-order valence-corrected chi connectivity index (χ0v) is 27.1. The van der Waals surface area contributed by atoms with E-state index in [1.54, 1.807) is 37.3 Å². The lowest BCUT2D eigenvalue weighted by Crippen LogP contribution is -2.48. The van der Waals surface area contributed by atoms with Gasteiger partial charge in [-0.2, -0.15) is 5.26 Å². The van der Waals surface area contributed by atoms with Crippen LogP contribution in [0.4, 0.5) is 14.5 Å². The van der Waals surface area contributed by atoms with Crippen LogP contribution in [0.1, 0.15) is 61.6 Å². The quantitative estimate of drug-likeness (QED) is 0.182. The van der Waals surface area contributed by atoms with Gasteiger partial charge in [-0.1, -0.05) is 62.2 Å². The molecule has 11 heteroatoms. The fourth-order valence-corrected chi connectivity index (χ4v) is 7.83. The molecule has 46 heavy (non-hydrogen) atoms. The molecule has 1 saturated carbocycles. The minimum Gasteiger partial charge on any atom is -0.461 e. The number of benzene rings is 3. The largest absolute Gasteiger partial charge is 0.461 e. The number of hydrogen-bond acceptors (Lipinski definition) is 5. The first kappa shape index (κ1) is 32.0. The van der Waals surface area contributed by atoms with Crippen molar-refractivity contribution >= 4 is 51.7 Å². The van der Waals surface area contributed by atoms with Gasteiger partial charge in [0.05, 0.1) is 23.7 Å². The van der Waals surface area contributed by atoms with Gasteiger partial charge in [-0.15, -0.1) is 0 Å². The predicted molar refractivity (Wildman–Crippen MR) is 173 cm³/mol. The Kier molecular flexibility index (Phi) is 7.91. The minimum absolute atomic E-state index is 0.0210. The fourth-order valence-electron chi connectivity index (χ4n) is 7.49. The summed E-state index contributed by atoms with van der Waals surface area (Å²) in [6.45, 7) is 8.00. The highest BCUT2D eigenvalue weighted by Crippen LogP contribution is 2.70. The summed E-state index contributed by atoms with van der Waals surface area (Å²) in [4.78, 5) is 29.6. The molecule has 0 bridgehead atoms. The second-order valence-electron chi connectivity index (χ2n) is 13.1. The van der Waals surface area contributed by atoms with Gasteiger partial charge < -0.3 is 15.0 Å². The van der Waals surface area contributed by atoms with Crippen LogP contribution in [0.15, 0.2) is 60.7 Å². The third-order valence-electron chi connectivity index (χ3n) is 9.44. The maximum absolute atomic E-state index is 16.0. The lowest BCUT2D eigenvalue weighted by Gasteiger charge is -2.37. The van der Waals surface area contributed by atoms with Gasteiger partial charge in [-0.25, -0.2) is 13.6 Å². The van der Waals surface area contributed by atoms with Crippen molar-refractivity contribution in [3.63, 3.8) is 0 Å². The summed E-state index contributed by atoms with van der Waals surface area (Å²) in [6.07, 6.45) is 0.445. The molecule has 1 aromatic heterocycles. The molecule has 5 atom stereocenters. The van der Waals surface area contributed by atoms with E-state index in [0.29, 0.717) is 23.0 Å². The van der Waals surface area contributed by atoms with E-state index in [1.165, 1.54) is 24.3 Å². The molecule has 1 amide bonds. The number of aromatic nitrogens is 1. The van der Waals surface area contributed by atoms with Gasteiger partial charge in [0.25, 0.3) is 0 Å². The highest BCUT2D eigenvalue weighted by molar-refractivity contribution is 6.31. The highest BCUT2D eigenvalue weighted by atomic mass is 35.5. The van der Waals surface area contributed by atoms with E-state index in [2.05, 4.69) is 21.7 Å². The van der Waals surface area contributed by atoms with Gasteiger partial charge in [-0.3, -0.25) is 10.1 Å². The number of anilines is 1. The number of esters is 1. The van der Waals surface area contributed by atoms with Crippen LogP contribution in [0.2, 0.25) is 10.0 Å². The van der Waals surface area contributed by atoms with Gasteiger partial charge in [0, 0.05) is 38.6 Å². The molecule has 7 nitrogen and oxygen atoms in total. The van der Waals surface area contributed by atoms with Gasteiger partial charge in [-0.05, 0) is 72.7 Å². The number of nitriles is 1. The fraction of sp³-hybridized carbons (Fsp3) is 0.343. The van der Waals surface area contributed by atoms with E-state index in [4.69, 9.17) is 27.9 Å². The molecule has 4 aromatic rings. The summed E-state index contributed by atoms with van der Waals surface area (Å²) in [5.74, 6) is -3.92. The number of ether oxygens (including phenoxy) is 1. The first-order valence-corrected chi connectivity index (χ1v) is 15.7. The molecule has 1 aliphatic carbocycles. The van der Waals surface area contributed by atoms with E-state index in [9.17, 15) is 14.9 Å². The van der Waals surface area contributed by atoms with Gasteiger partial charge >= 0.3 is 5.97 Å². The Hall–Kier alpha value is -3.97. The molecule has 1 spiro atoms. The van der Waals surface area contributed by atoms with E-state index in [0.717, 1.165) is 6.07 Å². The van der Waals surface area contributed by atoms with Gasteiger partial charge in [0.1, 0.15) is 22.7 Å². The van der Waals surface area contributed by atoms with E-state index in [1.807, 2.05) is 20.8 Å². The summed E-state index contributed by atoms with van der Waals surface area (Å²) in [5.41, 5.74) is -1.79. The number of aromatic amines is 1. The Labute approximate surface area is 275 Å². The Morgan fingerprint density at radius 1 is 1.11 bits per heavy atom. The average Bonchev–Trinajstić information content (AvgIpc) is 3.48. The SMILES string of the molecule is CCOC(=O)c1cc2cc(NC(=O)[C@@H]3NC4(C[C@H]4C(C)(C)C)[C@](C#N)(c4ccc(Cl)cc4F)[C@H]3c3cccc(Cl)c3F)ccc2[nH]1. The van der Waals surface area contributed by atoms with Crippen LogP contribution in [-0.4, -0.2) is 35.0 Å². The molecule has 3 aromatic carbocycles. The van der Waals surface area contributed by atoms with E-state index < -0.39 is 46.4 Å². The molecule has 6 rings (SSSR count). The molecule has 1 unspecified atom stereocenters. The van der Waals surface area contributed by atoms with Crippen LogP contribution >= 0.6 is 23.2 Å². The number of halogens is 4. The smallest absolute Gasteiger partial charge is 0.354 e. The van der Waals surface area contributed by atoms with Crippen molar-refractivity contribution in [1.82, 2.24) is 10.3 Å². The number of H-pyrrole nitrogens is 1. The molecule has 3 N–H and O–H groups in total. The van der Waals surface area contributed by atoms with Crippen LogP contribution in [0.25, 0.3) is 10.9 Å². The molecule has 0 radical (unpaired) electrons. The van der Waals surface area contributed by atoms with E-state index in [-0.39, 0.29) is 44.8 Å². The lowest BCUT2D eigenvalue weighted by molar-refractivity contribution is -0.118. The minimum atomic E-state index is -1.73. The monoisotopic (exact) mass is 664 g/mol. The van der Waals surface area contributed by atoms with E-state index >= 15 is 8.78 Å². The number of fused-ring (bicyclic) bond motifs is 1. The van der Waals surface area contributed by atoms with Crippen LogP contribution < -0.4 is 10.6 Å². The molecule has 238 valence electrons. The second-order valence-corrected chi connectivity index (χ2v) is 13.9. The Bertz CT molecular complexity index is 1930. The number of carbonyl (C=O) groups excluding carboxylic acids is 2. The standard InChI is InChI=1S/C35H32Cl2F2N4O3/c1-5-46-32(45)26-14-18-13-20(10-12-25(18)42-26)41-31(44)30-28(21-7-6-8-23(37)29(21)39)34(17-40,22-11-9-19(36)15-24(22)38)35(43-30)16-27(35)33(2,3)4/h6-15,27-28,30,42-43H,5,16H2,1-4H3,(H,41,44)/t27-,28-,30+,34+,35?/m0/s1. The number of rotatable bonds is 6.